The Kier molecular flexibility index (Phi) is 7.86. The number of benzene rings is 2. The number of carbonyl (C=O) groups excluding carboxylic acids is 2. The average molecular weight is 478 g/mol. The second-order valence-electron chi connectivity index (χ2n) is 9.42. The van der Waals surface area contributed by atoms with Crippen LogP contribution in [0.25, 0.3) is 0 Å². The van der Waals surface area contributed by atoms with E-state index < -0.39 is 0 Å². The van der Waals surface area contributed by atoms with Crippen LogP contribution in [0.1, 0.15) is 54.5 Å². The van der Waals surface area contributed by atoms with Crippen molar-refractivity contribution in [2.45, 2.75) is 46.1 Å². The molecule has 2 aromatic carbocycles. The molecule has 2 aliphatic heterocycles. The molecular weight excluding hydrogens is 442 g/mol. The third-order valence-corrected chi connectivity index (χ3v) is 6.85. The summed E-state index contributed by atoms with van der Waals surface area (Å²) in [5, 5.41) is 6.50. The van der Waals surface area contributed by atoms with Crippen LogP contribution in [0.5, 0.6) is 5.75 Å². The Hall–Kier alpha value is -3.19. The molecule has 0 spiro atoms. The summed E-state index contributed by atoms with van der Waals surface area (Å²) in [6, 6.07) is 14.0. The highest BCUT2D eigenvalue weighted by atomic mass is 16.5. The zero-order valence-corrected chi connectivity index (χ0v) is 21.1. The van der Waals surface area contributed by atoms with E-state index >= 15 is 0 Å². The van der Waals surface area contributed by atoms with Crippen molar-refractivity contribution in [1.29, 1.82) is 0 Å². The number of carbonyl (C=O) groups is 2. The number of piperidine rings is 1. The second-order valence-corrected chi connectivity index (χ2v) is 9.42. The van der Waals surface area contributed by atoms with Gasteiger partial charge >= 0.3 is 5.97 Å². The van der Waals surface area contributed by atoms with Crippen molar-refractivity contribution < 1.29 is 19.1 Å². The molecule has 1 amide bonds. The molecule has 2 atom stereocenters. The zero-order valence-electron chi connectivity index (χ0n) is 21.1. The van der Waals surface area contributed by atoms with Crippen molar-refractivity contribution in [2.24, 2.45) is 11.0 Å². The summed E-state index contributed by atoms with van der Waals surface area (Å²) in [6.07, 6.45) is 2.31. The molecule has 0 unspecified atom stereocenters. The molecule has 1 saturated heterocycles. The van der Waals surface area contributed by atoms with Crippen molar-refractivity contribution in [3.63, 3.8) is 0 Å². The van der Waals surface area contributed by atoms with Crippen molar-refractivity contribution in [1.82, 2.24) is 9.91 Å². The fraction of sp³-hybridized carbons (Fsp3) is 0.464. The van der Waals surface area contributed by atoms with Crippen LogP contribution in [-0.4, -0.2) is 60.8 Å². The van der Waals surface area contributed by atoms with Crippen LogP contribution >= 0.6 is 0 Å². The Balaban J connectivity index is 1.59. The summed E-state index contributed by atoms with van der Waals surface area (Å²) < 4.78 is 10.6. The summed E-state index contributed by atoms with van der Waals surface area (Å²) in [7, 11) is 1.65. The lowest BCUT2D eigenvalue weighted by Gasteiger charge is -2.32. The lowest BCUT2D eigenvalue weighted by Crippen LogP contribution is -2.44. The fourth-order valence-electron chi connectivity index (χ4n) is 4.99. The Bertz CT molecular complexity index is 1110. The van der Waals surface area contributed by atoms with Gasteiger partial charge in [-0.05, 0) is 63.4 Å². The number of likely N-dealkylation sites (tertiary alicyclic amines) is 1. The lowest BCUT2D eigenvalue weighted by molar-refractivity contribution is -0.150. The van der Waals surface area contributed by atoms with Crippen LogP contribution in [0, 0.1) is 19.8 Å². The van der Waals surface area contributed by atoms with Crippen molar-refractivity contribution in [3.05, 3.63) is 64.7 Å². The average Bonchev–Trinajstić information content (AvgIpc) is 3.31. The summed E-state index contributed by atoms with van der Waals surface area (Å²) in [5.41, 5.74) is 5.23. The van der Waals surface area contributed by atoms with Crippen LogP contribution in [0.2, 0.25) is 0 Å². The minimum absolute atomic E-state index is 0.0571. The Morgan fingerprint density at radius 1 is 1.14 bits per heavy atom. The largest absolute Gasteiger partial charge is 0.497 e. The molecule has 0 radical (unpaired) electrons. The molecular formula is C28H35N3O4. The first-order valence-electron chi connectivity index (χ1n) is 12.4. The standard InChI is InChI=1S/C28H35N3O4/c1-5-35-28(33)22-9-7-13-30(17-22)18-27(32)31-26(24-14-19(2)11-12-20(24)3)16-25(29-31)21-8-6-10-23(15-21)34-4/h6,8,10-12,14-15,22,26H,5,7,9,13,16-18H2,1-4H3/t22-,26-/m0/s1. The Morgan fingerprint density at radius 2 is 1.97 bits per heavy atom. The third-order valence-electron chi connectivity index (χ3n) is 6.85. The van der Waals surface area contributed by atoms with Gasteiger partial charge in [-0.1, -0.05) is 35.9 Å². The van der Waals surface area contributed by atoms with E-state index in [0.717, 1.165) is 53.1 Å². The van der Waals surface area contributed by atoms with Gasteiger partial charge in [-0.2, -0.15) is 5.10 Å². The normalized spacial score (nSPS) is 20.5. The van der Waals surface area contributed by atoms with Crippen LogP contribution in [0.4, 0.5) is 0 Å². The third kappa shape index (κ3) is 5.73. The van der Waals surface area contributed by atoms with Crippen molar-refractivity contribution in [2.75, 3.05) is 33.4 Å². The maximum Gasteiger partial charge on any atom is 0.310 e. The van der Waals surface area contributed by atoms with Crippen LogP contribution < -0.4 is 4.74 Å². The quantitative estimate of drug-likeness (QED) is 0.557. The first-order chi connectivity index (χ1) is 16.9. The molecule has 0 N–H and O–H groups in total. The number of hydrogen-bond donors (Lipinski definition) is 0. The minimum Gasteiger partial charge on any atom is -0.497 e. The molecule has 35 heavy (non-hydrogen) atoms. The number of nitrogens with zero attached hydrogens (tertiary/aromatic N) is 3. The number of aryl methyl sites for hydroxylation is 2. The molecule has 2 aromatic rings. The topological polar surface area (TPSA) is 71.4 Å². The van der Waals surface area contributed by atoms with Crippen LogP contribution in [-0.2, 0) is 14.3 Å². The number of ether oxygens (including phenoxy) is 2. The molecule has 2 heterocycles. The highest BCUT2D eigenvalue weighted by molar-refractivity contribution is 6.03. The Labute approximate surface area is 207 Å². The predicted molar refractivity (Wildman–Crippen MR) is 135 cm³/mol. The molecule has 0 aromatic heterocycles. The van der Waals surface area contributed by atoms with E-state index in [9.17, 15) is 9.59 Å². The van der Waals surface area contributed by atoms with Gasteiger partial charge < -0.3 is 9.47 Å². The predicted octanol–water partition coefficient (Wildman–Crippen LogP) is 4.26. The van der Waals surface area contributed by atoms with Gasteiger partial charge in [0.15, 0.2) is 0 Å². The van der Waals surface area contributed by atoms with Gasteiger partial charge in [-0.15, -0.1) is 0 Å². The van der Waals surface area contributed by atoms with Gasteiger partial charge in [-0.25, -0.2) is 5.01 Å². The van der Waals surface area contributed by atoms with E-state index in [1.165, 1.54) is 0 Å². The summed E-state index contributed by atoms with van der Waals surface area (Å²) >= 11 is 0. The molecule has 7 heteroatoms. The molecule has 1 fully saturated rings. The highest BCUT2D eigenvalue weighted by Gasteiger charge is 2.36. The maximum atomic E-state index is 13.6. The molecule has 7 nitrogen and oxygen atoms in total. The molecule has 4 rings (SSSR count). The maximum absolute atomic E-state index is 13.6. The number of hydrazone groups is 1. The van der Waals surface area contributed by atoms with E-state index in [4.69, 9.17) is 14.6 Å². The first kappa shape index (κ1) is 24.9. The SMILES string of the molecule is CCOC(=O)[C@H]1CCCN(CC(=O)N2N=C(c3cccc(OC)c3)C[C@H]2c2cc(C)ccc2C)C1. The molecule has 0 bridgehead atoms. The van der Waals surface area contributed by atoms with Gasteiger partial charge in [0.1, 0.15) is 5.75 Å². The first-order valence-corrected chi connectivity index (χ1v) is 12.4. The summed E-state index contributed by atoms with van der Waals surface area (Å²) in [4.78, 5) is 28.0. The van der Waals surface area contributed by atoms with Crippen LogP contribution in [0.3, 0.4) is 0 Å². The molecule has 0 saturated carbocycles. The van der Waals surface area contributed by atoms with Gasteiger partial charge in [0.25, 0.3) is 5.91 Å². The van der Waals surface area contributed by atoms with Crippen molar-refractivity contribution >= 4 is 17.6 Å². The lowest BCUT2D eigenvalue weighted by atomic mass is 9.93. The number of hydrogen-bond acceptors (Lipinski definition) is 6. The van der Waals surface area contributed by atoms with E-state index in [2.05, 4.69) is 36.9 Å². The van der Waals surface area contributed by atoms with Gasteiger partial charge in [-0.3, -0.25) is 14.5 Å². The minimum atomic E-state index is -0.180. The van der Waals surface area contributed by atoms with Crippen molar-refractivity contribution in [3.8, 4) is 5.75 Å². The zero-order chi connectivity index (χ0) is 24.9. The molecule has 2 aliphatic rings. The number of esters is 1. The second kappa shape index (κ2) is 11.0. The number of methoxy groups -OCH3 is 1. The highest BCUT2D eigenvalue weighted by Crippen LogP contribution is 2.35. The van der Waals surface area contributed by atoms with Gasteiger partial charge in [0, 0.05) is 18.5 Å². The Morgan fingerprint density at radius 3 is 2.74 bits per heavy atom. The van der Waals surface area contributed by atoms with Crippen LogP contribution in [0.15, 0.2) is 47.6 Å². The van der Waals surface area contributed by atoms with E-state index in [0.29, 0.717) is 19.6 Å². The summed E-state index contributed by atoms with van der Waals surface area (Å²) in [6.45, 7) is 7.90. The number of rotatable bonds is 7. The van der Waals surface area contributed by atoms with Gasteiger partial charge in [0.05, 0.1) is 37.9 Å². The monoisotopic (exact) mass is 477 g/mol. The van der Waals surface area contributed by atoms with E-state index in [-0.39, 0.29) is 30.4 Å². The van der Waals surface area contributed by atoms with E-state index in [1.54, 1.807) is 12.1 Å². The number of amides is 1. The van der Waals surface area contributed by atoms with E-state index in [1.807, 2.05) is 31.2 Å². The molecule has 186 valence electrons. The fourth-order valence-corrected chi connectivity index (χ4v) is 4.99. The molecule has 0 aliphatic carbocycles. The van der Waals surface area contributed by atoms with Gasteiger partial charge in [0.2, 0.25) is 0 Å². The summed E-state index contributed by atoms with van der Waals surface area (Å²) in [5.74, 6) is 0.355. The smallest absolute Gasteiger partial charge is 0.310 e.